The van der Waals surface area contributed by atoms with E-state index in [4.69, 9.17) is 15.2 Å². The quantitative estimate of drug-likeness (QED) is 0.891. The van der Waals surface area contributed by atoms with Crippen molar-refractivity contribution in [2.24, 2.45) is 5.73 Å². The number of methoxy groups -OCH3 is 2. The van der Waals surface area contributed by atoms with Gasteiger partial charge < -0.3 is 15.2 Å². The highest BCUT2D eigenvalue weighted by molar-refractivity contribution is 7.90. The van der Waals surface area contributed by atoms with E-state index in [0.717, 1.165) is 18.4 Å². The fourth-order valence-electron chi connectivity index (χ4n) is 2.66. The molecule has 1 atom stereocenters. The highest BCUT2D eigenvalue weighted by atomic mass is 32.2. The van der Waals surface area contributed by atoms with Crippen LogP contribution in [0.2, 0.25) is 0 Å². The van der Waals surface area contributed by atoms with Crippen LogP contribution in [0.5, 0.6) is 11.5 Å². The molecule has 20 heavy (non-hydrogen) atoms. The molecule has 6 heteroatoms. The third kappa shape index (κ3) is 2.38. The fraction of sp³-hybridized carbons (Fsp3) is 0.571. The molecule has 0 amide bonds. The maximum absolute atomic E-state index is 12.1. The Morgan fingerprint density at radius 2 is 1.70 bits per heavy atom. The molecule has 1 aliphatic rings. The second-order valence-electron chi connectivity index (χ2n) is 5.42. The average Bonchev–Trinajstić information content (AvgIpc) is 3.17. The smallest absolute Gasteiger partial charge is 0.175 e. The van der Waals surface area contributed by atoms with E-state index in [1.807, 2.05) is 6.92 Å². The summed E-state index contributed by atoms with van der Waals surface area (Å²) in [6.45, 7) is 1.91. The van der Waals surface area contributed by atoms with Crippen molar-refractivity contribution in [3.63, 3.8) is 0 Å². The van der Waals surface area contributed by atoms with Crippen molar-refractivity contribution in [3.05, 3.63) is 17.7 Å². The van der Waals surface area contributed by atoms with Crippen molar-refractivity contribution >= 4 is 9.84 Å². The molecule has 0 radical (unpaired) electrons. The minimum absolute atomic E-state index is 0.110. The zero-order chi connectivity index (χ0) is 15.1. The molecular weight excluding hydrogens is 278 g/mol. The van der Waals surface area contributed by atoms with E-state index in [2.05, 4.69) is 0 Å². The molecule has 0 aromatic heterocycles. The highest BCUT2D eigenvalue weighted by Crippen LogP contribution is 2.53. The summed E-state index contributed by atoms with van der Waals surface area (Å²) in [6.07, 6.45) is 2.99. The lowest BCUT2D eigenvalue weighted by molar-refractivity contribution is 0.352. The molecular formula is C14H21NO4S. The van der Waals surface area contributed by atoms with Crippen LogP contribution in [0.3, 0.4) is 0 Å². The standard InChI is InChI=1S/C14H21NO4S/c1-9(15)14(5-6-14)10-7-11(18-2)12(19-3)8-13(10)20(4,16)17/h7-9H,5-6,15H2,1-4H3. The first-order chi connectivity index (χ1) is 9.26. The van der Waals surface area contributed by atoms with Gasteiger partial charge in [0.15, 0.2) is 21.3 Å². The van der Waals surface area contributed by atoms with Gasteiger partial charge in [0.25, 0.3) is 0 Å². The van der Waals surface area contributed by atoms with Crippen LogP contribution in [0.25, 0.3) is 0 Å². The van der Waals surface area contributed by atoms with Crippen LogP contribution in [-0.2, 0) is 15.3 Å². The van der Waals surface area contributed by atoms with Crippen LogP contribution in [0.4, 0.5) is 0 Å². The first-order valence-corrected chi connectivity index (χ1v) is 8.37. The molecule has 1 aromatic rings. The summed E-state index contributed by atoms with van der Waals surface area (Å²) in [5.74, 6) is 0.943. The molecule has 0 spiro atoms. The predicted molar refractivity (Wildman–Crippen MR) is 77.2 cm³/mol. The molecule has 1 aliphatic carbocycles. The Labute approximate surface area is 120 Å². The van der Waals surface area contributed by atoms with Crippen LogP contribution in [0.15, 0.2) is 17.0 Å². The first-order valence-electron chi connectivity index (χ1n) is 6.48. The topological polar surface area (TPSA) is 78.6 Å². The summed E-state index contributed by atoms with van der Waals surface area (Å²) >= 11 is 0. The third-order valence-electron chi connectivity index (χ3n) is 4.08. The van der Waals surface area contributed by atoms with E-state index in [-0.39, 0.29) is 16.4 Å². The van der Waals surface area contributed by atoms with Gasteiger partial charge in [0.1, 0.15) is 0 Å². The Morgan fingerprint density at radius 1 is 1.20 bits per heavy atom. The Kier molecular flexibility index (Phi) is 3.73. The lowest BCUT2D eigenvalue weighted by Crippen LogP contribution is -2.32. The fourth-order valence-corrected chi connectivity index (χ4v) is 3.64. The molecule has 2 N–H and O–H groups in total. The van der Waals surface area contributed by atoms with E-state index < -0.39 is 9.84 Å². The lowest BCUT2D eigenvalue weighted by atomic mass is 9.89. The van der Waals surface area contributed by atoms with Crippen molar-refractivity contribution in [1.29, 1.82) is 0 Å². The van der Waals surface area contributed by atoms with E-state index >= 15 is 0 Å². The van der Waals surface area contributed by atoms with Crippen LogP contribution < -0.4 is 15.2 Å². The summed E-state index contributed by atoms with van der Waals surface area (Å²) < 4.78 is 34.6. The van der Waals surface area contributed by atoms with Gasteiger partial charge in [0, 0.05) is 23.8 Å². The van der Waals surface area contributed by atoms with Gasteiger partial charge >= 0.3 is 0 Å². The minimum Gasteiger partial charge on any atom is -0.493 e. The molecule has 1 unspecified atom stereocenters. The van der Waals surface area contributed by atoms with Crippen LogP contribution in [0.1, 0.15) is 25.3 Å². The van der Waals surface area contributed by atoms with Crippen LogP contribution in [0, 0.1) is 0 Å². The summed E-state index contributed by atoms with van der Waals surface area (Å²) in [7, 11) is -0.336. The largest absolute Gasteiger partial charge is 0.493 e. The van der Waals surface area contributed by atoms with E-state index in [0.29, 0.717) is 11.5 Å². The summed E-state index contributed by atoms with van der Waals surface area (Å²) in [4.78, 5) is 0.282. The van der Waals surface area contributed by atoms with Gasteiger partial charge in [0.05, 0.1) is 19.1 Å². The number of sulfone groups is 1. The molecule has 1 fully saturated rings. The molecule has 1 saturated carbocycles. The molecule has 1 aromatic carbocycles. The molecule has 5 nitrogen and oxygen atoms in total. The van der Waals surface area contributed by atoms with Gasteiger partial charge in [-0.15, -0.1) is 0 Å². The van der Waals surface area contributed by atoms with E-state index in [1.165, 1.54) is 26.5 Å². The predicted octanol–water partition coefficient (Wildman–Crippen LogP) is 1.49. The maximum Gasteiger partial charge on any atom is 0.175 e. The number of nitrogens with two attached hydrogens (primary N) is 1. The maximum atomic E-state index is 12.1. The van der Waals surface area contributed by atoms with E-state index in [9.17, 15) is 8.42 Å². The Morgan fingerprint density at radius 3 is 2.05 bits per heavy atom. The molecule has 0 saturated heterocycles. The number of benzene rings is 1. The van der Waals surface area contributed by atoms with Crippen molar-refractivity contribution < 1.29 is 17.9 Å². The molecule has 0 aliphatic heterocycles. The van der Waals surface area contributed by atoms with Gasteiger partial charge in [-0.2, -0.15) is 0 Å². The zero-order valence-electron chi connectivity index (χ0n) is 12.3. The number of hydrogen-bond acceptors (Lipinski definition) is 5. The average molecular weight is 299 g/mol. The summed E-state index contributed by atoms with van der Waals surface area (Å²) in [5, 5.41) is 0. The van der Waals surface area contributed by atoms with Gasteiger partial charge in [-0.25, -0.2) is 8.42 Å². The molecule has 112 valence electrons. The van der Waals surface area contributed by atoms with Gasteiger partial charge in [-0.3, -0.25) is 0 Å². The monoisotopic (exact) mass is 299 g/mol. The Balaban J connectivity index is 2.72. The second kappa shape index (κ2) is 4.93. The van der Waals surface area contributed by atoms with Crippen LogP contribution >= 0.6 is 0 Å². The normalized spacial score (nSPS) is 18.4. The molecule has 0 bridgehead atoms. The third-order valence-corrected chi connectivity index (χ3v) is 5.22. The number of rotatable bonds is 5. The minimum atomic E-state index is -3.36. The van der Waals surface area contributed by atoms with Gasteiger partial charge in [-0.1, -0.05) is 0 Å². The summed E-state index contributed by atoms with van der Waals surface area (Å²) in [6, 6.07) is 3.18. The Hall–Kier alpha value is -1.27. The van der Waals surface area contributed by atoms with Gasteiger partial charge in [-0.05, 0) is 31.4 Å². The second-order valence-corrected chi connectivity index (χ2v) is 7.40. The van der Waals surface area contributed by atoms with Gasteiger partial charge in [0.2, 0.25) is 0 Å². The first kappa shape index (κ1) is 15.1. The van der Waals surface area contributed by atoms with E-state index in [1.54, 1.807) is 6.07 Å². The molecule has 0 heterocycles. The van der Waals surface area contributed by atoms with Crippen LogP contribution in [-0.4, -0.2) is 34.9 Å². The van der Waals surface area contributed by atoms with Crippen molar-refractivity contribution in [2.75, 3.05) is 20.5 Å². The highest BCUT2D eigenvalue weighted by Gasteiger charge is 2.50. The SMILES string of the molecule is COc1cc(C2(C(C)N)CC2)c(S(C)(=O)=O)cc1OC. The zero-order valence-corrected chi connectivity index (χ0v) is 13.1. The van der Waals surface area contributed by atoms with Crippen molar-refractivity contribution in [1.82, 2.24) is 0 Å². The number of hydrogen-bond donors (Lipinski definition) is 1. The Bertz CT molecular complexity index is 618. The lowest BCUT2D eigenvalue weighted by Gasteiger charge is -2.24. The number of ether oxygens (including phenoxy) is 2. The molecule has 2 rings (SSSR count). The van der Waals surface area contributed by atoms with Crippen molar-refractivity contribution in [2.45, 2.75) is 36.1 Å². The summed E-state index contributed by atoms with van der Waals surface area (Å²) in [5.41, 5.74) is 6.55. The van der Waals surface area contributed by atoms with Crippen molar-refractivity contribution in [3.8, 4) is 11.5 Å².